The topological polar surface area (TPSA) is 81.9 Å². The number of ether oxygens (including phenoxy) is 1. The van der Waals surface area contributed by atoms with Gasteiger partial charge < -0.3 is 14.6 Å². The normalized spacial score (nSPS) is 11.0. The minimum Gasteiger partial charge on any atom is -0.497 e. The number of anilines is 1. The van der Waals surface area contributed by atoms with E-state index < -0.39 is 0 Å². The van der Waals surface area contributed by atoms with Crippen LogP contribution in [0.25, 0.3) is 11.4 Å². The highest BCUT2D eigenvalue weighted by molar-refractivity contribution is 7.99. The van der Waals surface area contributed by atoms with Crippen LogP contribution in [0.1, 0.15) is 13.8 Å². The molecular weight excluding hydrogens is 382 g/mol. The van der Waals surface area contributed by atoms with Crippen LogP contribution in [0.2, 0.25) is 0 Å². The number of thiazole rings is 1. The van der Waals surface area contributed by atoms with E-state index in [2.05, 4.69) is 38.9 Å². The number of benzene rings is 1. The summed E-state index contributed by atoms with van der Waals surface area (Å²) in [5, 5.41) is 14.6. The number of hydrogen-bond donors (Lipinski definition) is 1. The summed E-state index contributed by atoms with van der Waals surface area (Å²) in [6, 6.07) is 7.74. The van der Waals surface area contributed by atoms with Crippen molar-refractivity contribution in [1.82, 2.24) is 19.7 Å². The van der Waals surface area contributed by atoms with Crippen LogP contribution in [0.4, 0.5) is 5.13 Å². The molecule has 0 saturated heterocycles. The number of thioether (sulfide) groups is 1. The van der Waals surface area contributed by atoms with Crippen molar-refractivity contribution >= 4 is 34.1 Å². The Balaban J connectivity index is 1.78. The molecule has 0 unspecified atom stereocenters. The summed E-state index contributed by atoms with van der Waals surface area (Å²) in [6.07, 6.45) is 1.66. The predicted molar refractivity (Wildman–Crippen MR) is 108 cm³/mol. The number of aromatic nitrogens is 4. The van der Waals surface area contributed by atoms with Gasteiger partial charge in [0.15, 0.2) is 16.1 Å². The van der Waals surface area contributed by atoms with E-state index in [4.69, 9.17) is 4.74 Å². The average molecular weight is 404 g/mol. The molecule has 0 bridgehead atoms. The summed E-state index contributed by atoms with van der Waals surface area (Å²) >= 11 is 2.76. The van der Waals surface area contributed by atoms with E-state index in [1.165, 1.54) is 23.1 Å². The van der Waals surface area contributed by atoms with E-state index in [0.717, 1.165) is 28.8 Å². The second-order valence-electron chi connectivity index (χ2n) is 6.22. The smallest absolute Gasteiger partial charge is 0.236 e. The Bertz CT molecular complexity index is 893. The molecule has 0 fully saturated rings. The van der Waals surface area contributed by atoms with Crippen LogP contribution in [0, 0.1) is 5.92 Å². The maximum atomic E-state index is 12.1. The van der Waals surface area contributed by atoms with Crippen LogP contribution in [0.15, 0.2) is 41.0 Å². The number of methoxy groups -OCH3 is 1. The van der Waals surface area contributed by atoms with Crippen LogP contribution >= 0.6 is 23.1 Å². The Morgan fingerprint density at radius 1 is 1.37 bits per heavy atom. The van der Waals surface area contributed by atoms with Gasteiger partial charge in [0, 0.05) is 23.7 Å². The Morgan fingerprint density at radius 2 is 2.22 bits per heavy atom. The largest absolute Gasteiger partial charge is 0.497 e. The molecule has 2 aromatic heterocycles. The Kier molecular flexibility index (Phi) is 6.46. The third-order valence-corrected chi connectivity index (χ3v) is 5.26. The van der Waals surface area contributed by atoms with Crippen molar-refractivity contribution in [2.75, 3.05) is 18.2 Å². The summed E-state index contributed by atoms with van der Waals surface area (Å²) in [4.78, 5) is 16.2. The molecule has 3 rings (SSSR count). The van der Waals surface area contributed by atoms with Crippen molar-refractivity contribution in [3.63, 3.8) is 0 Å². The maximum absolute atomic E-state index is 12.1. The first-order valence-electron chi connectivity index (χ1n) is 8.46. The molecule has 27 heavy (non-hydrogen) atoms. The molecule has 0 atom stereocenters. The Labute approximate surface area is 166 Å². The minimum atomic E-state index is -0.114. The fourth-order valence-corrected chi connectivity index (χ4v) is 3.76. The van der Waals surface area contributed by atoms with Gasteiger partial charge >= 0.3 is 0 Å². The lowest BCUT2D eigenvalue weighted by molar-refractivity contribution is -0.113. The predicted octanol–water partition coefficient (Wildman–Crippen LogP) is 3.80. The fraction of sp³-hybridized carbons (Fsp3) is 0.333. The number of nitrogens with one attached hydrogen (secondary N) is 1. The first kappa shape index (κ1) is 19.4. The number of hydrogen-bond acceptors (Lipinski definition) is 7. The lowest BCUT2D eigenvalue weighted by Gasteiger charge is -2.13. The molecule has 0 aliphatic heterocycles. The van der Waals surface area contributed by atoms with Crippen LogP contribution in [-0.4, -0.2) is 38.5 Å². The first-order valence-corrected chi connectivity index (χ1v) is 10.3. The van der Waals surface area contributed by atoms with Gasteiger partial charge in [-0.3, -0.25) is 4.79 Å². The third-order valence-electron chi connectivity index (χ3n) is 3.60. The van der Waals surface area contributed by atoms with Gasteiger partial charge in [0.25, 0.3) is 0 Å². The van der Waals surface area contributed by atoms with E-state index in [1.54, 1.807) is 13.3 Å². The maximum Gasteiger partial charge on any atom is 0.236 e. The molecule has 0 radical (unpaired) electrons. The molecule has 2 heterocycles. The van der Waals surface area contributed by atoms with Gasteiger partial charge in [0.05, 0.1) is 12.9 Å². The molecule has 3 aromatic rings. The summed E-state index contributed by atoms with van der Waals surface area (Å²) in [6.45, 7) is 5.04. The molecule has 0 spiro atoms. The molecule has 0 aliphatic carbocycles. The second kappa shape index (κ2) is 9.01. The SMILES string of the molecule is COc1cccc(-c2nnc(SCC(=O)Nc3nccs3)n2CC(C)C)c1. The van der Waals surface area contributed by atoms with Crippen molar-refractivity contribution < 1.29 is 9.53 Å². The number of carbonyl (C=O) groups excluding carboxylic acids is 1. The zero-order valence-corrected chi connectivity index (χ0v) is 17.0. The quantitative estimate of drug-likeness (QED) is 0.576. The van der Waals surface area contributed by atoms with E-state index in [9.17, 15) is 4.79 Å². The zero-order chi connectivity index (χ0) is 19.2. The molecule has 9 heteroatoms. The standard InChI is InChI=1S/C18H21N5O2S2/c1-12(2)10-23-16(13-5-4-6-14(9-13)25-3)21-22-18(23)27-11-15(24)20-17-19-7-8-26-17/h4-9,12H,10-11H2,1-3H3,(H,19,20,24). The molecule has 1 amide bonds. The monoisotopic (exact) mass is 403 g/mol. The van der Waals surface area contributed by atoms with Crippen LogP contribution in [0.5, 0.6) is 5.75 Å². The molecule has 0 saturated carbocycles. The van der Waals surface area contributed by atoms with Gasteiger partial charge in [0.2, 0.25) is 5.91 Å². The summed E-state index contributed by atoms with van der Waals surface area (Å²) in [7, 11) is 1.64. The van der Waals surface area contributed by atoms with Crippen molar-refractivity contribution in [2.45, 2.75) is 25.5 Å². The summed E-state index contributed by atoms with van der Waals surface area (Å²) in [5.41, 5.74) is 0.932. The van der Waals surface area contributed by atoms with Crippen molar-refractivity contribution in [3.8, 4) is 17.1 Å². The summed E-state index contributed by atoms with van der Waals surface area (Å²) in [5.74, 6) is 2.08. The van der Waals surface area contributed by atoms with Crippen LogP contribution in [0.3, 0.4) is 0 Å². The highest BCUT2D eigenvalue weighted by Gasteiger charge is 2.17. The van der Waals surface area contributed by atoms with E-state index in [-0.39, 0.29) is 11.7 Å². The Hall–Kier alpha value is -2.39. The number of carbonyl (C=O) groups is 1. The molecular formula is C18H21N5O2S2. The van der Waals surface area contributed by atoms with Crippen molar-refractivity contribution in [1.29, 1.82) is 0 Å². The first-order chi connectivity index (χ1) is 13.1. The van der Waals surface area contributed by atoms with Gasteiger partial charge in [0.1, 0.15) is 5.75 Å². The van der Waals surface area contributed by atoms with Gasteiger partial charge in [-0.05, 0) is 18.1 Å². The van der Waals surface area contributed by atoms with Crippen LogP contribution < -0.4 is 10.1 Å². The fourth-order valence-electron chi connectivity index (χ4n) is 2.47. The molecule has 7 nitrogen and oxygen atoms in total. The molecule has 1 aromatic carbocycles. The zero-order valence-electron chi connectivity index (χ0n) is 15.4. The van der Waals surface area contributed by atoms with Crippen LogP contribution in [-0.2, 0) is 11.3 Å². The van der Waals surface area contributed by atoms with E-state index in [1.807, 2.05) is 29.6 Å². The highest BCUT2D eigenvalue weighted by atomic mass is 32.2. The molecule has 0 aliphatic rings. The lowest BCUT2D eigenvalue weighted by Crippen LogP contribution is -2.15. The van der Waals surface area contributed by atoms with Crippen molar-refractivity contribution in [3.05, 3.63) is 35.8 Å². The molecule has 1 N–H and O–H groups in total. The number of amides is 1. The van der Waals surface area contributed by atoms with E-state index in [0.29, 0.717) is 11.0 Å². The van der Waals surface area contributed by atoms with Gasteiger partial charge in [-0.15, -0.1) is 21.5 Å². The van der Waals surface area contributed by atoms with Gasteiger partial charge in [-0.1, -0.05) is 37.7 Å². The lowest BCUT2D eigenvalue weighted by atomic mass is 10.2. The van der Waals surface area contributed by atoms with Crippen molar-refractivity contribution in [2.24, 2.45) is 5.92 Å². The average Bonchev–Trinajstić information content (AvgIpc) is 3.29. The van der Waals surface area contributed by atoms with Gasteiger partial charge in [-0.2, -0.15) is 0 Å². The second-order valence-corrected chi connectivity index (χ2v) is 8.05. The van der Waals surface area contributed by atoms with Gasteiger partial charge in [-0.25, -0.2) is 4.98 Å². The number of rotatable bonds is 8. The Morgan fingerprint density at radius 3 is 2.93 bits per heavy atom. The number of nitrogens with zero attached hydrogens (tertiary/aromatic N) is 4. The summed E-state index contributed by atoms with van der Waals surface area (Å²) < 4.78 is 7.37. The third kappa shape index (κ3) is 5.08. The minimum absolute atomic E-state index is 0.114. The molecule has 142 valence electrons. The van der Waals surface area contributed by atoms with E-state index >= 15 is 0 Å². The highest BCUT2D eigenvalue weighted by Crippen LogP contribution is 2.27.